The molecule has 236 valence electrons. The quantitative estimate of drug-likeness (QED) is 0.268. The summed E-state index contributed by atoms with van der Waals surface area (Å²) in [5.41, 5.74) is -0.133. The Hall–Kier alpha value is -3.57. The van der Waals surface area contributed by atoms with Gasteiger partial charge < -0.3 is 10.2 Å². The fourth-order valence-corrected chi connectivity index (χ4v) is 6.48. The van der Waals surface area contributed by atoms with E-state index in [-0.39, 0.29) is 29.9 Å². The van der Waals surface area contributed by atoms with Crippen molar-refractivity contribution < 1.29 is 31.2 Å². The highest BCUT2D eigenvalue weighted by Gasteiger charge is 2.36. The number of hydrogen-bond donors (Lipinski definition) is 1. The topological polar surface area (TPSA) is 86.8 Å². The van der Waals surface area contributed by atoms with Crippen LogP contribution in [0.3, 0.4) is 0 Å². The number of hydrogen-bond acceptors (Lipinski definition) is 4. The van der Waals surface area contributed by atoms with Crippen molar-refractivity contribution in [3.05, 3.63) is 101 Å². The number of halogens is 4. The number of rotatable bonds is 11. The van der Waals surface area contributed by atoms with E-state index >= 15 is 0 Å². The third-order valence-corrected chi connectivity index (χ3v) is 9.09. The second kappa shape index (κ2) is 14.5. The first kappa shape index (κ1) is 33.3. The van der Waals surface area contributed by atoms with Crippen LogP contribution in [0.5, 0.6) is 0 Å². The van der Waals surface area contributed by atoms with Gasteiger partial charge in [-0.25, -0.2) is 8.42 Å². The Morgan fingerprint density at radius 3 is 2.09 bits per heavy atom. The number of benzene rings is 3. The van der Waals surface area contributed by atoms with E-state index < -0.39 is 45.9 Å². The first-order chi connectivity index (χ1) is 20.8. The van der Waals surface area contributed by atoms with E-state index in [1.165, 1.54) is 4.90 Å². The molecule has 1 N–H and O–H groups in total. The van der Waals surface area contributed by atoms with Gasteiger partial charge in [0, 0.05) is 19.0 Å². The molecule has 1 aliphatic rings. The van der Waals surface area contributed by atoms with Crippen molar-refractivity contribution >= 4 is 39.1 Å². The second-order valence-corrected chi connectivity index (χ2v) is 13.3. The molecule has 1 atom stereocenters. The van der Waals surface area contributed by atoms with E-state index in [0.717, 1.165) is 56.1 Å². The predicted molar refractivity (Wildman–Crippen MR) is 165 cm³/mol. The number of alkyl halides is 3. The van der Waals surface area contributed by atoms with Gasteiger partial charge in [-0.15, -0.1) is 0 Å². The molecule has 3 aromatic rings. The van der Waals surface area contributed by atoms with Gasteiger partial charge in [-0.3, -0.25) is 13.9 Å². The highest BCUT2D eigenvalue weighted by Crippen LogP contribution is 2.36. The number of nitrogens with zero attached hydrogens (tertiary/aromatic N) is 2. The third-order valence-electron chi connectivity index (χ3n) is 7.64. The Balaban J connectivity index is 1.75. The number of amides is 2. The summed E-state index contributed by atoms with van der Waals surface area (Å²) < 4.78 is 67.1. The molecule has 12 heteroatoms. The summed E-state index contributed by atoms with van der Waals surface area (Å²) in [6, 6.07) is 19.2. The molecule has 1 aliphatic carbocycles. The summed E-state index contributed by atoms with van der Waals surface area (Å²) in [4.78, 5) is 29.4. The van der Waals surface area contributed by atoms with Crippen LogP contribution >= 0.6 is 11.6 Å². The van der Waals surface area contributed by atoms with Gasteiger partial charge >= 0.3 is 6.18 Å². The van der Waals surface area contributed by atoms with Gasteiger partial charge in [0.25, 0.3) is 0 Å². The minimum atomic E-state index is -4.77. The Morgan fingerprint density at radius 1 is 0.932 bits per heavy atom. The van der Waals surface area contributed by atoms with Crippen molar-refractivity contribution in [1.29, 1.82) is 0 Å². The molecule has 3 aromatic carbocycles. The number of nitrogens with one attached hydrogen (secondary N) is 1. The van der Waals surface area contributed by atoms with Crippen LogP contribution < -0.4 is 9.62 Å². The summed E-state index contributed by atoms with van der Waals surface area (Å²) in [5, 5.41) is 2.82. The summed E-state index contributed by atoms with van der Waals surface area (Å²) in [6.45, 7) is -0.905. The summed E-state index contributed by atoms with van der Waals surface area (Å²) in [5.74, 6) is -1.15. The van der Waals surface area contributed by atoms with Crippen LogP contribution in [-0.2, 0) is 38.8 Å². The first-order valence-corrected chi connectivity index (χ1v) is 16.6. The summed E-state index contributed by atoms with van der Waals surface area (Å²) in [6.07, 6.45) is 0.807. The average molecular weight is 650 g/mol. The van der Waals surface area contributed by atoms with Gasteiger partial charge in [0.1, 0.15) is 12.6 Å². The smallest absolute Gasteiger partial charge is 0.352 e. The van der Waals surface area contributed by atoms with Gasteiger partial charge in [-0.05, 0) is 42.2 Å². The first-order valence-electron chi connectivity index (χ1n) is 14.3. The van der Waals surface area contributed by atoms with Crippen LogP contribution in [-0.4, -0.2) is 50.0 Å². The lowest BCUT2D eigenvalue weighted by molar-refractivity contribution is -0.140. The molecular formula is C32H35ClF3N3O4S. The Labute approximate surface area is 261 Å². The second-order valence-electron chi connectivity index (χ2n) is 11.0. The van der Waals surface area contributed by atoms with E-state index in [1.54, 1.807) is 30.3 Å². The fourth-order valence-electron chi connectivity index (χ4n) is 5.35. The van der Waals surface area contributed by atoms with Crippen LogP contribution in [0.4, 0.5) is 18.9 Å². The maximum Gasteiger partial charge on any atom is 0.416 e. The van der Waals surface area contributed by atoms with Crippen molar-refractivity contribution in [3.63, 3.8) is 0 Å². The molecule has 0 heterocycles. The van der Waals surface area contributed by atoms with Crippen molar-refractivity contribution in [2.24, 2.45) is 0 Å². The molecule has 44 heavy (non-hydrogen) atoms. The normalized spacial score (nSPS) is 14.9. The summed E-state index contributed by atoms with van der Waals surface area (Å²) in [7, 11) is -4.30. The molecule has 2 amide bonds. The number of sulfonamides is 1. The number of carbonyl (C=O) groups is 2. The lowest BCUT2D eigenvalue weighted by atomic mass is 9.94. The van der Waals surface area contributed by atoms with E-state index in [2.05, 4.69) is 5.32 Å². The molecule has 0 saturated heterocycles. The molecular weight excluding hydrogens is 615 g/mol. The Kier molecular flexibility index (Phi) is 11.0. The lowest BCUT2D eigenvalue weighted by Gasteiger charge is -2.35. The van der Waals surface area contributed by atoms with E-state index in [4.69, 9.17) is 11.6 Å². The van der Waals surface area contributed by atoms with Gasteiger partial charge in [0.2, 0.25) is 21.8 Å². The average Bonchev–Trinajstić information content (AvgIpc) is 2.98. The van der Waals surface area contributed by atoms with Crippen molar-refractivity contribution in [2.45, 2.75) is 63.3 Å². The highest BCUT2D eigenvalue weighted by atomic mass is 35.5. The van der Waals surface area contributed by atoms with Crippen molar-refractivity contribution in [1.82, 2.24) is 10.2 Å². The van der Waals surface area contributed by atoms with Gasteiger partial charge in [0.15, 0.2) is 0 Å². The number of carbonyl (C=O) groups excluding carboxylic acids is 2. The fraction of sp³-hybridized carbons (Fsp3) is 0.375. The van der Waals surface area contributed by atoms with E-state index in [1.807, 2.05) is 30.3 Å². The molecule has 0 unspecified atom stereocenters. The minimum absolute atomic E-state index is 0.0385. The molecule has 1 fully saturated rings. The largest absolute Gasteiger partial charge is 0.416 e. The van der Waals surface area contributed by atoms with Gasteiger partial charge in [-0.1, -0.05) is 91.5 Å². The molecule has 0 aromatic heterocycles. The highest BCUT2D eigenvalue weighted by molar-refractivity contribution is 7.92. The molecule has 1 saturated carbocycles. The molecule has 7 nitrogen and oxygen atoms in total. The maximum absolute atomic E-state index is 14.2. The van der Waals surface area contributed by atoms with Gasteiger partial charge in [-0.2, -0.15) is 13.2 Å². The van der Waals surface area contributed by atoms with Crippen LogP contribution in [0.25, 0.3) is 0 Å². The maximum atomic E-state index is 14.2. The van der Waals surface area contributed by atoms with Crippen LogP contribution in [0.1, 0.15) is 48.8 Å². The zero-order valence-corrected chi connectivity index (χ0v) is 25.8. The van der Waals surface area contributed by atoms with Gasteiger partial charge in [0.05, 0.1) is 22.5 Å². The van der Waals surface area contributed by atoms with E-state index in [9.17, 15) is 31.2 Å². The van der Waals surface area contributed by atoms with Crippen molar-refractivity contribution in [3.8, 4) is 0 Å². The molecule has 0 radical (unpaired) electrons. The van der Waals surface area contributed by atoms with Crippen LogP contribution in [0.2, 0.25) is 5.02 Å². The molecule has 0 spiro atoms. The third kappa shape index (κ3) is 8.98. The summed E-state index contributed by atoms with van der Waals surface area (Å²) >= 11 is 6.21. The van der Waals surface area contributed by atoms with E-state index in [0.29, 0.717) is 15.9 Å². The molecule has 0 aliphatic heterocycles. The minimum Gasteiger partial charge on any atom is -0.352 e. The monoisotopic (exact) mass is 649 g/mol. The Morgan fingerprint density at radius 2 is 1.52 bits per heavy atom. The standard InChI is InChI=1S/C32H35ClF3N3O4S/c1-44(42,43)39(28-20-25(32(34,35)36)17-18-27(28)33)22-30(40)38(21-24-13-7-3-8-14-24)29(19-23-11-5-2-6-12-23)31(41)37-26-15-9-4-10-16-26/h2-3,5-8,11-14,17-18,20,26,29H,4,9-10,15-16,19,21-22H2,1H3,(H,37,41)/t29-/m0/s1. The SMILES string of the molecule is CS(=O)(=O)N(CC(=O)N(Cc1ccccc1)[C@@H](Cc1ccccc1)C(=O)NC1CCCCC1)c1cc(C(F)(F)F)ccc1Cl. The molecule has 4 rings (SSSR count). The number of anilines is 1. The van der Waals surface area contributed by atoms with Crippen LogP contribution in [0.15, 0.2) is 78.9 Å². The zero-order valence-electron chi connectivity index (χ0n) is 24.3. The van der Waals surface area contributed by atoms with Crippen LogP contribution in [0, 0.1) is 0 Å². The van der Waals surface area contributed by atoms with Crippen molar-refractivity contribution in [2.75, 3.05) is 17.1 Å². The lowest BCUT2D eigenvalue weighted by Crippen LogP contribution is -2.55. The molecule has 0 bridgehead atoms. The zero-order chi connectivity index (χ0) is 31.9. The Bertz CT molecular complexity index is 1530. The predicted octanol–water partition coefficient (Wildman–Crippen LogP) is 6.21.